The van der Waals surface area contributed by atoms with Crippen LogP contribution in [0, 0.1) is 6.92 Å². The van der Waals surface area contributed by atoms with E-state index < -0.39 is 6.04 Å². The van der Waals surface area contributed by atoms with Crippen molar-refractivity contribution in [1.82, 2.24) is 9.78 Å². The molecule has 1 aromatic heterocycles. The number of methoxy groups -OCH3 is 1. The van der Waals surface area contributed by atoms with Gasteiger partial charge in [0, 0.05) is 22.1 Å². The number of halogens is 1. The van der Waals surface area contributed by atoms with Crippen LogP contribution >= 0.6 is 15.9 Å². The summed E-state index contributed by atoms with van der Waals surface area (Å²) >= 11 is 3.40. The molecule has 0 radical (unpaired) electrons. The fraction of sp³-hybridized carbons (Fsp3) is 0.148. The van der Waals surface area contributed by atoms with Crippen LogP contribution in [0.2, 0.25) is 0 Å². The molecule has 1 atom stereocenters. The third kappa shape index (κ3) is 5.43. The summed E-state index contributed by atoms with van der Waals surface area (Å²) in [6, 6.07) is 24.9. The summed E-state index contributed by atoms with van der Waals surface area (Å²) in [4.78, 5) is 27.1. The summed E-state index contributed by atoms with van der Waals surface area (Å²) < 4.78 is 7.50. The van der Waals surface area contributed by atoms with E-state index in [1.807, 2.05) is 73.7 Å². The summed E-state index contributed by atoms with van der Waals surface area (Å²) in [6.45, 7) is 1.82. The minimum absolute atomic E-state index is 0.312. The molecule has 172 valence electrons. The first-order valence-electron chi connectivity index (χ1n) is 10.8. The van der Waals surface area contributed by atoms with Crippen LogP contribution in [0.1, 0.15) is 28.4 Å². The van der Waals surface area contributed by atoms with Crippen LogP contribution < -0.4 is 15.6 Å². The highest BCUT2D eigenvalue weighted by Crippen LogP contribution is 2.21. The van der Waals surface area contributed by atoms with Gasteiger partial charge in [0.1, 0.15) is 5.75 Å². The Bertz CT molecular complexity index is 1350. The lowest BCUT2D eigenvalue weighted by Crippen LogP contribution is -2.37. The maximum absolute atomic E-state index is 13.6. The Balaban J connectivity index is 1.75. The number of aromatic nitrogens is 2. The van der Waals surface area contributed by atoms with E-state index in [0.29, 0.717) is 28.9 Å². The van der Waals surface area contributed by atoms with Crippen LogP contribution in [0.15, 0.2) is 94.2 Å². The molecule has 3 aromatic carbocycles. The number of rotatable bonds is 7. The number of hydrogen-bond acceptors (Lipinski definition) is 4. The van der Waals surface area contributed by atoms with Gasteiger partial charge in [-0.25, -0.2) is 4.68 Å². The Morgan fingerprint density at radius 2 is 1.76 bits per heavy atom. The summed E-state index contributed by atoms with van der Waals surface area (Å²) in [6.07, 6.45) is 0.398. The molecule has 1 N–H and O–H groups in total. The van der Waals surface area contributed by atoms with Crippen LogP contribution in [0.5, 0.6) is 5.75 Å². The van der Waals surface area contributed by atoms with Crippen LogP contribution in [0.3, 0.4) is 0 Å². The van der Waals surface area contributed by atoms with E-state index >= 15 is 0 Å². The van der Waals surface area contributed by atoms with Gasteiger partial charge in [0.05, 0.1) is 12.8 Å². The topological polar surface area (TPSA) is 73.2 Å². The standard InChI is InChI=1S/C27H24BrN3O3/c1-18-15-21(16-19-7-6-10-24(17-19)34-2)27(33)31(30-18)25(20-8-4-3-5-9-20)26(32)29-23-13-11-22(28)12-14-23/h3-15,17,25H,16H2,1-2H3,(H,29,32)/t25-/m1/s1. The van der Waals surface area contributed by atoms with Crippen molar-refractivity contribution in [2.45, 2.75) is 19.4 Å². The molecule has 0 aliphatic heterocycles. The summed E-state index contributed by atoms with van der Waals surface area (Å²) in [7, 11) is 1.61. The smallest absolute Gasteiger partial charge is 0.271 e. The number of aryl methyl sites for hydroxylation is 1. The summed E-state index contributed by atoms with van der Waals surface area (Å²) in [5.41, 5.74) is 3.13. The fourth-order valence-corrected chi connectivity index (χ4v) is 4.06. The molecule has 4 aromatic rings. The van der Waals surface area contributed by atoms with Crippen molar-refractivity contribution >= 4 is 27.5 Å². The number of amides is 1. The van der Waals surface area contributed by atoms with Crippen molar-refractivity contribution in [2.24, 2.45) is 0 Å². The van der Waals surface area contributed by atoms with Crippen LogP contribution in [-0.2, 0) is 11.2 Å². The highest BCUT2D eigenvalue weighted by atomic mass is 79.9. The van der Waals surface area contributed by atoms with Gasteiger partial charge in [-0.15, -0.1) is 0 Å². The number of hydrogen-bond donors (Lipinski definition) is 1. The fourth-order valence-electron chi connectivity index (χ4n) is 3.79. The van der Waals surface area contributed by atoms with E-state index in [1.54, 1.807) is 25.3 Å². The number of ether oxygens (including phenoxy) is 1. The van der Waals surface area contributed by atoms with E-state index in [1.165, 1.54) is 4.68 Å². The van der Waals surface area contributed by atoms with E-state index in [-0.39, 0.29) is 11.5 Å². The highest BCUT2D eigenvalue weighted by molar-refractivity contribution is 9.10. The zero-order chi connectivity index (χ0) is 24.1. The van der Waals surface area contributed by atoms with Crippen LogP contribution in [0.25, 0.3) is 0 Å². The van der Waals surface area contributed by atoms with Crippen LogP contribution in [-0.4, -0.2) is 22.8 Å². The quantitative estimate of drug-likeness (QED) is 0.368. The van der Waals surface area contributed by atoms with E-state index in [4.69, 9.17) is 4.74 Å². The predicted molar refractivity (Wildman–Crippen MR) is 136 cm³/mol. The molecule has 0 bridgehead atoms. The van der Waals surface area contributed by atoms with Crippen molar-refractivity contribution in [2.75, 3.05) is 12.4 Å². The molecule has 0 saturated carbocycles. The van der Waals surface area contributed by atoms with Gasteiger partial charge in [-0.1, -0.05) is 58.4 Å². The van der Waals surface area contributed by atoms with Gasteiger partial charge in [0.2, 0.25) is 0 Å². The lowest BCUT2D eigenvalue weighted by Gasteiger charge is -2.20. The van der Waals surface area contributed by atoms with E-state index in [2.05, 4.69) is 26.3 Å². The highest BCUT2D eigenvalue weighted by Gasteiger charge is 2.26. The van der Waals surface area contributed by atoms with Crippen molar-refractivity contribution in [3.63, 3.8) is 0 Å². The number of nitrogens with zero attached hydrogens (tertiary/aromatic N) is 2. The molecule has 6 nitrogen and oxygen atoms in total. The average molecular weight is 518 g/mol. The normalized spacial score (nSPS) is 11.6. The zero-order valence-electron chi connectivity index (χ0n) is 18.9. The number of carbonyl (C=O) groups excluding carboxylic acids is 1. The number of carbonyl (C=O) groups is 1. The van der Waals surface area contributed by atoms with Gasteiger partial charge in [0.15, 0.2) is 6.04 Å². The van der Waals surface area contributed by atoms with Gasteiger partial charge < -0.3 is 10.1 Å². The first kappa shape index (κ1) is 23.4. The van der Waals surface area contributed by atoms with Gasteiger partial charge in [-0.2, -0.15) is 5.10 Å². The SMILES string of the molecule is COc1cccc(Cc2cc(C)nn([C@@H](C(=O)Nc3ccc(Br)cc3)c3ccccc3)c2=O)c1. The second kappa shape index (κ2) is 10.5. The maximum atomic E-state index is 13.6. The Hall–Kier alpha value is -3.71. The molecule has 0 spiro atoms. The number of benzene rings is 3. The zero-order valence-corrected chi connectivity index (χ0v) is 20.5. The molecule has 0 saturated heterocycles. The van der Waals surface area contributed by atoms with Crippen molar-refractivity contribution in [3.05, 3.63) is 122 Å². The van der Waals surface area contributed by atoms with Crippen molar-refractivity contribution in [1.29, 1.82) is 0 Å². The Kier molecular flexibility index (Phi) is 7.23. The minimum atomic E-state index is -0.929. The predicted octanol–water partition coefficient (Wildman–Crippen LogP) is 5.14. The average Bonchev–Trinajstić information content (AvgIpc) is 2.84. The van der Waals surface area contributed by atoms with Crippen molar-refractivity contribution < 1.29 is 9.53 Å². The molecule has 0 unspecified atom stereocenters. The largest absolute Gasteiger partial charge is 0.497 e. The lowest BCUT2D eigenvalue weighted by molar-refractivity contribution is -0.118. The third-order valence-electron chi connectivity index (χ3n) is 5.38. The molecule has 0 fully saturated rings. The second-order valence-electron chi connectivity index (χ2n) is 7.90. The van der Waals surface area contributed by atoms with Gasteiger partial charge in [-0.3, -0.25) is 9.59 Å². The molecule has 34 heavy (non-hydrogen) atoms. The second-order valence-corrected chi connectivity index (χ2v) is 8.81. The van der Waals surface area contributed by atoms with Gasteiger partial charge in [0.25, 0.3) is 11.5 Å². The van der Waals surface area contributed by atoms with Gasteiger partial charge in [-0.05, 0) is 60.5 Å². The number of anilines is 1. The van der Waals surface area contributed by atoms with Crippen molar-refractivity contribution in [3.8, 4) is 5.75 Å². The first-order chi connectivity index (χ1) is 16.4. The monoisotopic (exact) mass is 517 g/mol. The van der Waals surface area contributed by atoms with E-state index in [9.17, 15) is 9.59 Å². The number of nitrogens with one attached hydrogen (secondary N) is 1. The summed E-state index contributed by atoms with van der Waals surface area (Å²) in [5.74, 6) is 0.376. The minimum Gasteiger partial charge on any atom is -0.497 e. The Morgan fingerprint density at radius 3 is 2.47 bits per heavy atom. The van der Waals surface area contributed by atoms with E-state index in [0.717, 1.165) is 15.8 Å². The third-order valence-corrected chi connectivity index (χ3v) is 5.91. The molecular formula is C27H24BrN3O3. The Labute approximate surface area is 206 Å². The molecule has 7 heteroatoms. The lowest BCUT2D eigenvalue weighted by atomic mass is 10.0. The molecule has 1 heterocycles. The maximum Gasteiger partial charge on any atom is 0.271 e. The first-order valence-corrected chi connectivity index (χ1v) is 11.6. The Morgan fingerprint density at radius 1 is 1.03 bits per heavy atom. The summed E-state index contributed by atoms with van der Waals surface area (Å²) in [5, 5.41) is 7.39. The molecular weight excluding hydrogens is 494 g/mol. The van der Waals surface area contributed by atoms with Crippen LogP contribution in [0.4, 0.5) is 5.69 Å². The molecule has 1 amide bonds. The van der Waals surface area contributed by atoms with Gasteiger partial charge >= 0.3 is 0 Å². The molecule has 0 aliphatic carbocycles. The molecule has 0 aliphatic rings. The molecule has 4 rings (SSSR count).